The Kier molecular flexibility index (Phi) is 16.1. The van der Waals surface area contributed by atoms with E-state index in [1.807, 2.05) is 0 Å². The number of benzene rings is 1. The highest BCUT2D eigenvalue weighted by Crippen LogP contribution is 2.23. The summed E-state index contributed by atoms with van der Waals surface area (Å²) in [6.45, 7) is 0.784. The molecule has 210 valence electrons. The van der Waals surface area contributed by atoms with Crippen molar-refractivity contribution >= 4 is 23.6 Å². The summed E-state index contributed by atoms with van der Waals surface area (Å²) in [5.74, 6) is -3.77. The molecule has 0 aromatic heterocycles. The molecule has 1 atom stereocenters. The maximum Gasteiger partial charge on any atom is 0.389 e. The van der Waals surface area contributed by atoms with Crippen LogP contribution in [0.1, 0.15) is 107 Å². The van der Waals surface area contributed by atoms with E-state index in [2.05, 4.69) is 5.32 Å². The average molecular weight is 532 g/mol. The van der Waals surface area contributed by atoms with E-state index >= 15 is 0 Å². The Morgan fingerprint density at radius 2 is 1.22 bits per heavy atom. The van der Waals surface area contributed by atoms with Crippen molar-refractivity contribution in [2.24, 2.45) is 0 Å². The molecular weight excluding hydrogens is 491 g/mol. The zero-order valence-electron chi connectivity index (χ0n) is 21.4. The van der Waals surface area contributed by atoms with Crippen molar-refractivity contribution < 1.29 is 42.5 Å². The van der Waals surface area contributed by atoms with Crippen LogP contribution in [0.15, 0.2) is 24.3 Å². The lowest BCUT2D eigenvalue weighted by atomic mass is 10.0. The lowest BCUT2D eigenvalue weighted by molar-refractivity contribution is -0.153. The number of carboxylic acid groups (broad SMARTS) is 2. The van der Waals surface area contributed by atoms with Crippen LogP contribution in [0.5, 0.6) is 0 Å². The Balaban J connectivity index is 2.02. The fourth-order valence-electron chi connectivity index (χ4n) is 3.89. The molecular formula is C27H40F3NO6. The minimum Gasteiger partial charge on any atom is -0.481 e. The topological polar surface area (TPSA) is 113 Å². The summed E-state index contributed by atoms with van der Waals surface area (Å²) >= 11 is 0. The monoisotopic (exact) mass is 531 g/mol. The molecule has 0 bridgehead atoms. The predicted molar refractivity (Wildman–Crippen MR) is 135 cm³/mol. The Morgan fingerprint density at radius 1 is 0.757 bits per heavy atom. The van der Waals surface area contributed by atoms with Gasteiger partial charge in [-0.25, -0.2) is 9.59 Å². The highest BCUT2D eigenvalue weighted by Gasteiger charge is 2.26. The predicted octanol–water partition coefficient (Wildman–Crippen LogP) is 7.21. The largest absolute Gasteiger partial charge is 0.481 e. The number of carbonyl (C=O) groups excluding carboxylic acids is 1. The van der Waals surface area contributed by atoms with Gasteiger partial charge in [-0.2, -0.15) is 13.2 Å². The smallest absolute Gasteiger partial charge is 0.389 e. The van der Waals surface area contributed by atoms with Crippen molar-refractivity contribution in [2.45, 2.75) is 109 Å². The molecule has 0 saturated heterocycles. The molecule has 37 heavy (non-hydrogen) atoms. The number of aliphatic carboxylic acids is 2. The number of halogens is 3. The van der Waals surface area contributed by atoms with Gasteiger partial charge in [0, 0.05) is 18.7 Å². The van der Waals surface area contributed by atoms with E-state index in [1.54, 1.807) is 12.1 Å². The van der Waals surface area contributed by atoms with Crippen LogP contribution in [0.2, 0.25) is 0 Å². The fraction of sp³-hybridized carbons (Fsp3) is 0.667. The highest BCUT2D eigenvalue weighted by molar-refractivity contribution is 5.92. The second kappa shape index (κ2) is 18.5. The molecule has 1 aromatic rings. The van der Waals surface area contributed by atoms with E-state index in [9.17, 15) is 27.6 Å². The van der Waals surface area contributed by atoms with Gasteiger partial charge in [0.1, 0.15) is 0 Å². The Hall–Kier alpha value is -2.78. The molecule has 0 aliphatic carbocycles. The van der Waals surface area contributed by atoms with Crippen LogP contribution in [-0.4, -0.2) is 46.9 Å². The number of ether oxygens (including phenoxy) is 1. The van der Waals surface area contributed by atoms with Gasteiger partial charge < -0.3 is 20.3 Å². The fourth-order valence-corrected chi connectivity index (χ4v) is 3.89. The van der Waals surface area contributed by atoms with Crippen LogP contribution in [0.25, 0.3) is 0 Å². The van der Waals surface area contributed by atoms with Crippen molar-refractivity contribution in [2.75, 3.05) is 11.9 Å². The first-order valence-corrected chi connectivity index (χ1v) is 13.1. The van der Waals surface area contributed by atoms with Crippen LogP contribution < -0.4 is 5.32 Å². The number of hydrogen-bond acceptors (Lipinski definition) is 5. The van der Waals surface area contributed by atoms with Crippen LogP contribution in [0.3, 0.4) is 0 Å². The number of carbonyl (C=O) groups is 3. The van der Waals surface area contributed by atoms with Gasteiger partial charge in [-0.15, -0.1) is 0 Å². The van der Waals surface area contributed by atoms with E-state index < -0.39 is 43.0 Å². The van der Waals surface area contributed by atoms with Crippen LogP contribution in [-0.2, 0) is 14.3 Å². The summed E-state index contributed by atoms with van der Waals surface area (Å²) in [6, 6.07) is 6.37. The zero-order chi connectivity index (χ0) is 27.5. The lowest BCUT2D eigenvalue weighted by Gasteiger charge is -2.12. The van der Waals surface area contributed by atoms with E-state index in [1.165, 1.54) is 37.8 Å². The molecule has 10 heteroatoms. The van der Waals surface area contributed by atoms with E-state index in [0.717, 1.165) is 57.2 Å². The molecule has 0 heterocycles. The minimum absolute atomic E-state index is 0.142. The zero-order valence-corrected chi connectivity index (χ0v) is 21.4. The molecule has 3 N–H and O–H groups in total. The quantitative estimate of drug-likeness (QED) is 0.113. The molecule has 0 amide bonds. The summed E-state index contributed by atoms with van der Waals surface area (Å²) in [4.78, 5) is 33.8. The Labute approximate surface area is 216 Å². The van der Waals surface area contributed by atoms with Gasteiger partial charge in [-0.3, -0.25) is 4.79 Å². The third-order valence-corrected chi connectivity index (χ3v) is 5.97. The number of rotatable bonds is 21. The average Bonchev–Trinajstić information content (AvgIpc) is 2.82. The second-order valence-corrected chi connectivity index (χ2v) is 9.30. The van der Waals surface area contributed by atoms with Gasteiger partial charge in [0.2, 0.25) is 6.10 Å². The molecule has 0 saturated carbocycles. The van der Waals surface area contributed by atoms with Gasteiger partial charge in [-0.05, 0) is 37.1 Å². The first-order chi connectivity index (χ1) is 17.6. The van der Waals surface area contributed by atoms with Gasteiger partial charge in [0.25, 0.3) is 0 Å². The van der Waals surface area contributed by atoms with Crippen LogP contribution >= 0.6 is 0 Å². The van der Waals surface area contributed by atoms with Crippen molar-refractivity contribution in [3.05, 3.63) is 29.8 Å². The second-order valence-electron chi connectivity index (χ2n) is 9.30. The first-order valence-electron chi connectivity index (χ1n) is 13.1. The summed E-state index contributed by atoms with van der Waals surface area (Å²) in [6.07, 6.45) is 5.91. The molecule has 7 nitrogen and oxygen atoms in total. The molecule has 0 spiro atoms. The standard InChI is InChI=1S/C27H40F3NO6/c28-27(29,30)18-12-10-8-6-4-2-1-3-5-7-9-11-13-19-31-22-16-14-21(15-17-22)26(36)37-23(25(34)35)20-24(32)33/h14-17,23,31H,1-13,18-20H2,(H,32,33)(H,34,35). The van der Waals surface area contributed by atoms with E-state index in [4.69, 9.17) is 14.9 Å². The van der Waals surface area contributed by atoms with Gasteiger partial charge in [0.05, 0.1) is 12.0 Å². The van der Waals surface area contributed by atoms with Crippen molar-refractivity contribution in [3.63, 3.8) is 0 Å². The van der Waals surface area contributed by atoms with E-state index in [-0.39, 0.29) is 12.0 Å². The third kappa shape index (κ3) is 17.3. The van der Waals surface area contributed by atoms with Crippen LogP contribution in [0.4, 0.5) is 18.9 Å². The summed E-state index contributed by atoms with van der Waals surface area (Å²) in [5, 5.41) is 20.9. The highest BCUT2D eigenvalue weighted by atomic mass is 19.4. The molecule has 0 fully saturated rings. The number of hydrogen-bond donors (Lipinski definition) is 3. The number of esters is 1. The molecule has 0 aliphatic rings. The molecule has 0 radical (unpaired) electrons. The first kappa shape index (κ1) is 32.2. The van der Waals surface area contributed by atoms with Gasteiger partial charge in [0.15, 0.2) is 0 Å². The van der Waals surface area contributed by atoms with Crippen molar-refractivity contribution in [3.8, 4) is 0 Å². The SMILES string of the molecule is O=C(O)CC(OC(=O)c1ccc(NCCCCCCCCCCCCCCCC(F)(F)F)cc1)C(=O)O. The number of nitrogens with one attached hydrogen (secondary N) is 1. The third-order valence-electron chi connectivity index (χ3n) is 5.97. The normalized spacial score (nSPS) is 12.2. The molecule has 0 aliphatic heterocycles. The summed E-state index contributed by atoms with van der Waals surface area (Å²) in [7, 11) is 0. The lowest BCUT2D eigenvalue weighted by Crippen LogP contribution is -2.29. The van der Waals surface area contributed by atoms with Gasteiger partial charge in [-0.1, -0.05) is 70.6 Å². The molecule has 1 aromatic carbocycles. The summed E-state index contributed by atoms with van der Waals surface area (Å²) in [5.41, 5.74) is 0.959. The number of carboxylic acids is 2. The minimum atomic E-state index is -4.02. The maximum atomic E-state index is 12.1. The number of unbranched alkanes of at least 4 members (excludes halogenated alkanes) is 12. The van der Waals surface area contributed by atoms with Crippen LogP contribution in [0, 0.1) is 0 Å². The van der Waals surface area contributed by atoms with E-state index in [0.29, 0.717) is 6.42 Å². The molecule has 1 unspecified atom stereocenters. The maximum absolute atomic E-state index is 12.1. The Bertz CT molecular complexity index is 798. The Morgan fingerprint density at radius 3 is 1.65 bits per heavy atom. The van der Waals surface area contributed by atoms with Crippen molar-refractivity contribution in [1.82, 2.24) is 0 Å². The van der Waals surface area contributed by atoms with Crippen molar-refractivity contribution in [1.29, 1.82) is 0 Å². The summed E-state index contributed by atoms with van der Waals surface area (Å²) < 4.78 is 40.9. The molecule has 1 rings (SSSR count). The van der Waals surface area contributed by atoms with Gasteiger partial charge >= 0.3 is 24.1 Å². The number of alkyl halides is 3. The number of anilines is 1.